The molecule has 2 heterocycles. The summed E-state index contributed by atoms with van der Waals surface area (Å²) in [5, 5.41) is 3.48. The number of carbonyl (C=O) groups excluding carboxylic acids is 1. The van der Waals surface area contributed by atoms with Crippen LogP contribution in [0.15, 0.2) is 0 Å². The summed E-state index contributed by atoms with van der Waals surface area (Å²) >= 11 is 0. The lowest BCUT2D eigenvalue weighted by molar-refractivity contribution is 0.0900. The fraction of sp³-hybridized carbons (Fsp3) is 0.917. The summed E-state index contributed by atoms with van der Waals surface area (Å²) < 4.78 is 5.27. The van der Waals surface area contributed by atoms with Gasteiger partial charge >= 0.3 is 6.09 Å². The molecule has 16 heavy (non-hydrogen) atoms. The first-order valence-corrected chi connectivity index (χ1v) is 6.49. The summed E-state index contributed by atoms with van der Waals surface area (Å²) in [6, 6.07) is 0.885. The van der Waals surface area contributed by atoms with Crippen molar-refractivity contribution in [1.82, 2.24) is 10.2 Å². The smallest absolute Gasteiger partial charge is 0.410 e. The van der Waals surface area contributed by atoms with Gasteiger partial charge in [0, 0.05) is 12.6 Å². The summed E-state index contributed by atoms with van der Waals surface area (Å²) in [6.45, 7) is 4.62. The molecular weight excluding hydrogens is 204 g/mol. The molecule has 2 atom stereocenters. The van der Waals surface area contributed by atoms with Gasteiger partial charge in [0.15, 0.2) is 0 Å². The summed E-state index contributed by atoms with van der Waals surface area (Å²) in [5.41, 5.74) is 0. The topological polar surface area (TPSA) is 41.6 Å². The van der Waals surface area contributed by atoms with Gasteiger partial charge in [-0.3, -0.25) is 0 Å². The predicted octanol–water partition coefficient (Wildman–Crippen LogP) is 1.75. The van der Waals surface area contributed by atoms with E-state index in [0.29, 0.717) is 18.7 Å². The van der Waals surface area contributed by atoms with Crippen molar-refractivity contribution in [1.29, 1.82) is 0 Å². The van der Waals surface area contributed by atoms with Gasteiger partial charge in [0.25, 0.3) is 0 Å². The van der Waals surface area contributed by atoms with Crippen molar-refractivity contribution in [2.75, 3.05) is 19.7 Å². The highest BCUT2D eigenvalue weighted by molar-refractivity contribution is 5.68. The zero-order valence-corrected chi connectivity index (χ0v) is 10.1. The fourth-order valence-electron chi connectivity index (χ4n) is 2.66. The molecule has 0 spiro atoms. The summed E-state index contributed by atoms with van der Waals surface area (Å²) in [4.78, 5) is 13.8. The van der Waals surface area contributed by atoms with E-state index in [1.807, 2.05) is 4.90 Å². The van der Waals surface area contributed by atoms with Crippen molar-refractivity contribution in [2.24, 2.45) is 0 Å². The van der Waals surface area contributed by atoms with Crippen LogP contribution in [0.2, 0.25) is 0 Å². The van der Waals surface area contributed by atoms with Crippen molar-refractivity contribution < 1.29 is 9.53 Å². The van der Waals surface area contributed by atoms with Gasteiger partial charge in [-0.1, -0.05) is 13.3 Å². The van der Waals surface area contributed by atoms with Crippen LogP contribution in [-0.4, -0.2) is 42.8 Å². The molecule has 4 heteroatoms. The number of piperidine rings is 1. The van der Waals surface area contributed by atoms with E-state index >= 15 is 0 Å². The molecule has 2 fully saturated rings. The SMILES string of the molecule is CCCCOC(=O)N1CCC2NCCCC21. The van der Waals surface area contributed by atoms with Gasteiger partial charge in [-0.05, 0) is 32.2 Å². The number of ether oxygens (including phenoxy) is 1. The molecule has 0 aromatic carbocycles. The first-order chi connectivity index (χ1) is 7.83. The summed E-state index contributed by atoms with van der Waals surface area (Å²) in [6.07, 6.45) is 5.30. The molecule has 0 aromatic heterocycles. The van der Waals surface area contributed by atoms with E-state index in [2.05, 4.69) is 12.2 Å². The molecule has 2 unspecified atom stereocenters. The Balaban J connectivity index is 1.82. The van der Waals surface area contributed by atoms with Crippen molar-refractivity contribution >= 4 is 6.09 Å². The second-order valence-electron chi connectivity index (χ2n) is 4.72. The van der Waals surface area contributed by atoms with Crippen LogP contribution in [-0.2, 0) is 4.74 Å². The summed E-state index contributed by atoms with van der Waals surface area (Å²) in [7, 11) is 0. The highest BCUT2D eigenvalue weighted by Gasteiger charge is 2.38. The summed E-state index contributed by atoms with van der Waals surface area (Å²) in [5.74, 6) is 0. The fourth-order valence-corrected chi connectivity index (χ4v) is 2.66. The minimum Gasteiger partial charge on any atom is -0.449 e. The zero-order chi connectivity index (χ0) is 11.4. The minimum absolute atomic E-state index is 0.107. The number of hydrogen-bond acceptors (Lipinski definition) is 3. The molecule has 92 valence electrons. The largest absolute Gasteiger partial charge is 0.449 e. The van der Waals surface area contributed by atoms with Gasteiger partial charge in [-0.25, -0.2) is 4.79 Å². The minimum atomic E-state index is -0.107. The number of nitrogens with one attached hydrogen (secondary N) is 1. The highest BCUT2D eigenvalue weighted by atomic mass is 16.6. The Labute approximate surface area is 97.3 Å². The Bertz CT molecular complexity index is 245. The standard InChI is InChI=1S/C12H22N2O2/c1-2-3-9-16-12(15)14-8-6-10-11(14)5-4-7-13-10/h10-11,13H,2-9H2,1H3. The molecule has 2 rings (SSSR count). The van der Waals surface area contributed by atoms with Crippen LogP contribution in [0, 0.1) is 0 Å². The van der Waals surface area contributed by atoms with Crippen molar-refractivity contribution in [3.8, 4) is 0 Å². The van der Waals surface area contributed by atoms with E-state index in [4.69, 9.17) is 4.74 Å². The molecule has 0 radical (unpaired) electrons. The molecule has 1 N–H and O–H groups in total. The zero-order valence-electron chi connectivity index (χ0n) is 10.1. The van der Waals surface area contributed by atoms with Crippen molar-refractivity contribution in [2.45, 2.75) is 51.1 Å². The Morgan fingerprint density at radius 1 is 1.50 bits per heavy atom. The van der Waals surface area contributed by atoms with E-state index in [1.54, 1.807) is 0 Å². The maximum atomic E-state index is 11.9. The molecule has 2 saturated heterocycles. The highest BCUT2D eigenvalue weighted by Crippen LogP contribution is 2.25. The van der Waals surface area contributed by atoms with Gasteiger partial charge < -0.3 is 15.0 Å². The third-order valence-electron chi connectivity index (χ3n) is 3.59. The molecule has 0 aliphatic carbocycles. The van der Waals surface area contributed by atoms with Crippen molar-refractivity contribution in [3.63, 3.8) is 0 Å². The number of hydrogen-bond donors (Lipinski definition) is 1. The third-order valence-corrected chi connectivity index (χ3v) is 3.59. The maximum absolute atomic E-state index is 11.9. The number of nitrogens with zero attached hydrogens (tertiary/aromatic N) is 1. The Morgan fingerprint density at radius 2 is 2.38 bits per heavy atom. The number of amides is 1. The van der Waals surface area contributed by atoms with E-state index < -0.39 is 0 Å². The second-order valence-corrected chi connectivity index (χ2v) is 4.72. The average Bonchev–Trinajstić information content (AvgIpc) is 2.73. The van der Waals surface area contributed by atoms with Crippen LogP contribution in [0.1, 0.15) is 39.0 Å². The lowest BCUT2D eigenvalue weighted by atomic mass is 10.00. The first-order valence-electron chi connectivity index (χ1n) is 6.49. The molecule has 2 aliphatic heterocycles. The predicted molar refractivity (Wildman–Crippen MR) is 62.4 cm³/mol. The lowest BCUT2D eigenvalue weighted by Crippen LogP contribution is -2.48. The molecule has 0 saturated carbocycles. The van der Waals surface area contributed by atoms with Gasteiger partial charge in [0.05, 0.1) is 12.6 Å². The maximum Gasteiger partial charge on any atom is 0.410 e. The number of carbonyl (C=O) groups is 1. The molecule has 2 aliphatic rings. The van der Waals surface area contributed by atoms with Crippen LogP contribution in [0.4, 0.5) is 4.79 Å². The molecule has 0 bridgehead atoms. The van der Waals surface area contributed by atoms with Gasteiger partial charge in [0.2, 0.25) is 0 Å². The van der Waals surface area contributed by atoms with Crippen LogP contribution in [0.3, 0.4) is 0 Å². The molecular formula is C12H22N2O2. The van der Waals surface area contributed by atoms with E-state index in [-0.39, 0.29) is 6.09 Å². The Kier molecular flexibility index (Phi) is 4.04. The Hall–Kier alpha value is -0.770. The van der Waals surface area contributed by atoms with Crippen LogP contribution in [0.25, 0.3) is 0 Å². The lowest BCUT2D eigenvalue weighted by Gasteiger charge is -2.31. The normalized spacial score (nSPS) is 28.9. The molecule has 1 amide bonds. The second kappa shape index (κ2) is 5.53. The van der Waals surface area contributed by atoms with Gasteiger partial charge in [-0.2, -0.15) is 0 Å². The van der Waals surface area contributed by atoms with Gasteiger partial charge in [-0.15, -0.1) is 0 Å². The number of fused-ring (bicyclic) bond motifs is 1. The monoisotopic (exact) mass is 226 g/mol. The first kappa shape index (κ1) is 11.7. The van der Waals surface area contributed by atoms with E-state index in [0.717, 1.165) is 38.8 Å². The van der Waals surface area contributed by atoms with Crippen LogP contribution in [0.5, 0.6) is 0 Å². The van der Waals surface area contributed by atoms with Crippen LogP contribution >= 0.6 is 0 Å². The number of unbranched alkanes of at least 4 members (excludes halogenated alkanes) is 1. The van der Waals surface area contributed by atoms with Crippen LogP contribution < -0.4 is 5.32 Å². The Morgan fingerprint density at radius 3 is 3.19 bits per heavy atom. The average molecular weight is 226 g/mol. The molecule has 0 aromatic rings. The quantitative estimate of drug-likeness (QED) is 0.745. The van der Waals surface area contributed by atoms with Gasteiger partial charge in [0.1, 0.15) is 0 Å². The van der Waals surface area contributed by atoms with E-state index in [9.17, 15) is 4.79 Å². The number of likely N-dealkylation sites (tertiary alicyclic amines) is 1. The number of rotatable bonds is 3. The molecule has 4 nitrogen and oxygen atoms in total. The van der Waals surface area contributed by atoms with Crippen molar-refractivity contribution in [3.05, 3.63) is 0 Å². The van der Waals surface area contributed by atoms with E-state index in [1.165, 1.54) is 6.42 Å². The third kappa shape index (κ3) is 2.48.